The van der Waals surface area contributed by atoms with E-state index in [0.29, 0.717) is 0 Å². The van der Waals surface area contributed by atoms with E-state index in [2.05, 4.69) is 35.3 Å². The molecule has 0 bridgehead atoms. The van der Waals surface area contributed by atoms with Gasteiger partial charge in [-0.3, -0.25) is 0 Å². The first kappa shape index (κ1) is 16.0. The summed E-state index contributed by atoms with van der Waals surface area (Å²) in [6, 6.07) is 0. The van der Waals surface area contributed by atoms with E-state index in [1.54, 1.807) is 0 Å². The van der Waals surface area contributed by atoms with Crippen molar-refractivity contribution in [2.75, 3.05) is 0 Å². The smallest absolute Gasteiger partial charge is 0 e. The predicted molar refractivity (Wildman–Crippen MR) is 11.3 cm³/mol. The molecular weight excluding hydrogens is 525 g/mol. The zero-order valence-electron chi connectivity index (χ0n) is 0.919. The second-order valence-electron chi connectivity index (χ2n) is 0. The van der Waals surface area contributed by atoms with Gasteiger partial charge < -0.3 is 0 Å². The summed E-state index contributed by atoms with van der Waals surface area (Å²) >= 11 is 4.44. The van der Waals surface area contributed by atoms with Crippen LogP contribution in [0.15, 0.2) is 0 Å². The third kappa shape index (κ3) is 8.82. The van der Waals surface area contributed by atoms with E-state index >= 15 is 0 Å². The Morgan fingerprint density at radius 1 is 1.00 bits per heavy atom. The fraction of sp³-hybridized carbons (Fsp3) is 0. The average Bonchev–Trinajstić information content (AvgIpc) is 1.00. The van der Waals surface area contributed by atoms with Crippen LogP contribution in [0.3, 0.4) is 0 Å². The molecule has 0 amide bonds. The second-order valence-corrected chi connectivity index (χ2v) is 0. The van der Waals surface area contributed by atoms with Gasteiger partial charge in [0.2, 0.25) is 0 Å². The Bertz CT molecular complexity index is 6.00. The molecule has 0 aromatic carbocycles. The van der Waals surface area contributed by atoms with E-state index in [9.17, 15) is 0 Å². The topological polar surface area (TPSA) is 0 Å². The van der Waals surface area contributed by atoms with E-state index < -0.39 is 0 Å². The summed E-state index contributed by atoms with van der Waals surface area (Å²) in [5.74, 6) is 0. The molecule has 0 radical (unpaired) electrons. The van der Waals surface area contributed by atoms with Crippen LogP contribution >= 0.6 is 0 Å². The molecule has 0 aromatic rings. The molecule has 4 heavy (non-hydrogen) atoms. The minimum atomic E-state index is 0. The summed E-state index contributed by atoms with van der Waals surface area (Å²) in [7, 11) is 0. The van der Waals surface area contributed by atoms with E-state index in [1.165, 1.54) is 0 Å². The van der Waals surface area contributed by atoms with Crippen molar-refractivity contribution in [2.45, 2.75) is 0 Å². The molecule has 0 rings (SSSR count). The number of hydrogen-bond acceptors (Lipinski definition) is 0. The Balaban J connectivity index is -0.00000000500. The summed E-state index contributed by atoms with van der Waals surface area (Å²) in [4.78, 5) is 0. The minimum Gasteiger partial charge on any atom is 0 e. The number of rotatable bonds is 0. The van der Waals surface area contributed by atoms with Crippen molar-refractivity contribution in [1.29, 1.82) is 0 Å². The average molecular weight is 529 g/mol. The quantitative estimate of drug-likeness (QED) is 0.337. The van der Waals surface area contributed by atoms with E-state index in [4.69, 9.17) is 0 Å². The molecule has 0 spiro atoms. The molecule has 40 valence electrons. The van der Waals surface area contributed by atoms with Crippen molar-refractivity contribution in [3.8, 4) is 0 Å². The van der Waals surface area contributed by atoms with E-state index in [-0.39, 0.29) is 34.1 Å². The van der Waals surface area contributed by atoms with Gasteiger partial charge in [0, 0.05) is 16.5 Å². The molecule has 0 aliphatic carbocycles. The maximum atomic E-state index is 2.22. The van der Waals surface area contributed by atoms with Gasteiger partial charge >= 0.3 is 52.9 Å². The molecule has 0 unspecified atom stereocenters. The second kappa shape index (κ2) is 17.8. The maximum absolute atomic E-state index is 2.22. The summed E-state index contributed by atoms with van der Waals surface area (Å²) in [6.07, 6.45) is 0. The molecule has 0 N–H and O–H groups in total. The van der Waals surface area contributed by atoms with Gasteiger partial charge in [-0.15, -0.1) is 0 Å². The molecule has 0 atom stereocenters. The molecule has 0 saturated carbocycles. The maximum Gasteiger partial charge on any atom is 0 e. The molecular formula is H4Au2GeNi. The summed E-state index contributed by atoms with van der Waals surface area (Å²) in [6.45, 7) is 0. The third-order valence-corrected chi connectivity index (χ3v) is 0. The Morgan fingerprint density at radius 3 is 1.00 bits per heavy atom. The molecule has 0 heterocycles. The van der Waals surface area contributed by atoms with Crippen LogP contribution in [-0.2, 0) is 51.8 Å². The van der Waals surface area contributed by atoms with Gasteiger partial charge in [-0.25, -0.2) is 0 Å². The Hall–Kier alpha value is 2.52. The molecule has 0 aliphatic heterocycles. The van der Waals surface area contributed by atoms with Gasteiger partial charge in [-0.1, -0.05) is 0 Å². The Morgan fingerprint density at radius 2 is 1.00 bits per heavy atom. The van der Waals surface area contributed by atoms with E-state index in [1.807, 2.05) is 0 Å². The van der Waals surface area contributed by atoms with Crippen LogP contribution < -0.4 is 0 Å². The predicted octanol–water partition coefficient (Wildman–Crippen LogP) is -1.46. The zero-order valence-corrected chi connectivity index (χ0v) is 6.24. The molecule has 0 nitrogen and oxygen atoms in total. The first-order valence-electron chi connectivity index (χ1n) is 0.0909. The summed E-state index contributed by atoms with van der Waals surface area (Å²) in [5, 5.41) is 0. The molecule has 4 heteroatoms. The van der Waals surface area contributed by atoms with Gasteiger partial charge in [0.05, 0.1) is 0 Å². The van der Waals surface area contributed by atoms with Gasteiger partial charge in [-0.2, -0.15) is 0 Å². The Labute approximate surface area is 68.3 Å². The first-order valence-corrected chi connectivity index (χ1v) is 6.09. The van der Waals surface area contributed by atoms with Crippen molar-refractivity contribution in [2.24, 2.45) is 0 Å². The van der Waals surface area contributed by atoms with Crippen LogP contribution in [0.1, 0.15) is 0 Å². The molecule has 0 fully saturated rings. The van der Waals surface area contributed by atoms with Crippen molar-refractivity contribution >= 4 is 17.6 Å². The van der Waals surface area contributed by atoms with Crippen LogP contribution in [0, 0.1) is 0 Å². The van der Waals surface area contributed by atoms with Gasteiger partial charge in [0.15, 0.2) is 0 Å². The monoisotopic (exact) mass is 530 g/mol. The first-order chi connectivity index (χ1) is 1.00. The van der Waals surface area contributed by atoms with Crippen LogP contribution in [0.4, 0.5) is 0 Å². The van der Waals surface area contributed by atoms with Gasteiger partial charge in [0.25, 0.3) is 0 Å². The van der Waals surface area contributed by atoms with Crippen molar-refractivity contribution < 1.29 is 51.8 Å². The van der Waals surface area contributed by atoms with Crippen LogP contribution in [-0.4, -0.2) is 17.6 Å². The Kier molecular flexibility index (Phi) is 71.2. The van der Waals surface area contributed by atoms with Crippen molar-refractivity contribution in [3.63, 3.8) is 0 Å². The zero-order chi connectivity index (χ0) is 2.00. The minimum absolute atomic E-state index is 0. The van der Waals surface area contributed by atoms with Gasteiger partial charge in [0.1, 0.15) is 0 Å². The number of hydrogen-bond donors (Lipinski definition) is 0. The van der Waals surface area contributed by atoms with Gasteiger partial charge in [-0.05, 0) is 0 Å². The van der Waals surface area contributed by atoms with Crippen LogP contribution in [0.5, 0.6) is 0 Å². The third-order valence-electron chi connectivity index (χ3n) is 0. The fourth-order valence-electron chi connectivity index (χ4n) is 0. The molecule has 0 saturated heterocycles. The standard InChI is InChI=1S/2Au.GeH4.Ni/h;;1H4;. The largest absolute Gasteiger partial charge is 0 e. The van der Waals surface area contributed by atoms with Crippen LogP contribution in [0.2, 0.25) is 0 Å². The summed E-state index contributed by atoms with van der Waals surface area (Å²) < 4.78 is 0. The summed E-state index contributed by atoms with van der Waals surface area (Å²) in [5.41, 5.74) is 0. The molecule has 0 aromatic heterocycles. The van der Waals surface area contributed by atoms with Crippen molar-refractivity contribution in [3.05, 3.63) is 0 Å². The fourth-order valence-corrected chi connectivity index (χ4v) is 0. The van der Waals surface area contributed by atoms with Crippen LogP contribution in [0.25, 0.3) is 0 Å². The van der Waals surface area contributed by atoms with Crippen molar-refractivity contribution in [1.82, 2.24) is 0 Å². The van der Waals surface area contributed by atoms with E-state index in [0.717, 1.165) is 0 Å². The SMILES string of the molecule is [Au][Au].[GeH4].[Ni]. The normalized spacial score (nSPS) is 2.00. The molecule has 0 aliphatic rings.